The van der Waals surface area contributed by atoms with Gasteiger partial charge in [-0.15, -0.1) is 0 Å². The first kappa shape index (κ1) is 21.0. The van der Waals surface area contributed by atoms with Crippen molar-refractivity contribution in [3.8, 4) is 0 Å². The Morgan fingerprint density at radius 3 is 2.66 bits per heavy atom. The van der Waals surface area contributed by atoms with Crippen LogP contribution in [0, 0.1) is 5.92 Å². The van der Waals surface area contributed by atoms with E-state index in [2.05, 4.69) is 0 Å². The molecule has 1 atom stereocenters. The first-order valence-electron chi connectivity index (χ1n) is 9.36. The summed E-state index contributed by atoms with van der Waals surface area (Å²) in [5.41, 5.74) is -0.140. The Bertz CT molecular complexity index is 1090. The number of rotatable bonds is 6. The molecule has 0 saturated carbocycles. The van der Waals surface area contributed by atoms with E-state index >= 15 is 0 Å². The molecule has 1 aromatic heterocycles. The number of esters is 1. The molecule has 1 fully saturated rings. The van der Waals surface area contributed by atoms with Crippen molar-refractivity contribution in [3.05, 3.63) is 46.3 Å². The van der Waals surface area contributed by atoms with Crippen molar-refractivity contribution in [2.24, 2.45) is 5.92 Å². The number of sulfone groups is 1. The van der Waals surface area contributed by atoms with Crippen LogP contribution in [0.25, 0.3) is 11.0 Å². The Morgan fingerprint density at radius 2 is 2.00 bits per heavy atom. The quantitative estimate of drug-likeness (QED) is 0.652. The van der Waals surface area contributed by atoms with E-state index in [9.17, 15) is 22.8 Å². The molecule has 1 aromatic carbocycles. The lowest BCUT2D eigenvalue weighted by molar-refractivity contribution is -0.137. The van der Waals surface area contributed by atoms with Crippen molar-refractivity contribution in [2.75, 3.05) is 24.7 Å². The van der Waals surface area contributed by atoms with Crippen molar-refractivity contribution < 1.29 is 27.2 Å². The number of fused-ring (bicyclic) bond motifs is 1. The molecule has 1 saturated heterocycles. The van der Waals surface area contributed by atoms with Gasteiger partial charge in [-0.3, -0.25) is 9.59 Å². The van der Waals surface area contributed by atoms with Crippen LogP contribution in [0.5, 0.6) is 0 Å². The standard InChI is InChI=1S/C20H23NO7S/c1-13(2)10-21(14-7-8-29(25,26)12-14)19(23)11-27-20(24)18-9-16(22)15-5-3-4-6-17(15)28-18/h3-6,9,13-14H,7-8,10-12H2,1-2H3/t14-/m1/s1. The lowest BCUT2D eigenvalue weighted by Gasteiger charge is -2.29. The summed E-state index contributed by atoms with van der Waals surface area (Å²) >= 11 is 0. The van der Waals surface area contributed by atoms with Crippen LogP contribution in [0.4, 0.5) is 0 Å². The van der Waals surface area contributed by atoms with E-state index in [4.69, 9.17) is 9.15 Å². The minimum atomic E-state index is -3.16. The Hall–Kier alpha value is -2.68. The molecule has 0 aliphatic carbocycles. The summed E-state index contributed by atoms with van der Waals surface area (Å²) in [6, 6.07) is 7.10. The molecule has 1 amide bonds. The third-order valence-corrected chi connectivity index (χ3v) is 6.44. The minimum absolute atomic E-state index is 0.0432. The molecule has 156 valence electrons. The smallest absolute Gasteiger partial charge is 0.374 e. The Morgan fingerprint density at radius 1 is 1.28 bits per heavy atom. The van der Waals surface area contributed by atoms with Gasteiger partial charge in [0.1, 0.15) is 5.58 Å². The molecule has 2 aromatic rings. The Kier molecular flexibility index (Phi) is 6.07. The van der Waals surface area contributed by atoms with E-state index in [1.165, 1.54) is 4.90 Å². The lowest BCUT2D eigenvalue weighted by Crippen LogP contribution is -2.45. The molecule has 29 heavy (non-hydrogen) atoms. The van der Waals surface area contributed by atoms with Crippen molar-refractivity contribution in [3.63, 3.8) is 0 Å². The zero-order valence-electron chi connectivity index (χ0n) is 16.3. The van der Waals surface area contributed by atoms with Gasteiger partial charge in [0.2, 0.25) is 5.76 Å². The van der Waals surface area contributed by atoms with Crippen LogP contribution in [-0.2, 0) is 19.4 Å². The number of para-hydroxylation sites is 1. The second-order valence-electron chi connectivity index (χ2n) is 7.54. The molecule has 0 radical (unpaired) electrons. The van der Waals surface area contributed by atoms with Crippen LogP contribution in [-0.4, -0.2) is 55.9 Å². The molecule has 0 bridgehead atoms. The van der Waals surface area contributed by atoms with Crippen LogP contribution in [0.3, 0.4) is 0 Å². The van der Waals surface area contributed by atoms with Crippen LogP contribution in [0.15, 0.2) is 39.5 Å². The fraction of sp³-hybridized carbons (Fsp3) is 0.450. The Labute approximate surface area is 168 Å². The minimum Gasteiger partial charge on any atom is -0.450 e. The van der Waals surface area contributed by atoms with Crippen molar-refractivity contribution in [1.29, 1.82) is 0 Å². The van der Waals surface area contributed by atoms with E-state index in [1.54, 1.807) is 24.3 Å². The molecular weight excluding hydrogens is 398 g/mol. The lowest BCUT2D eigenvalue weighted by atomic mass is 10.1. The monoisotopic (exact) mass is 421 g/mol. The average molecular weight is 421 g/mol. The summed E-state index contributed by atoms with van der Waals surface area (Å²) in [7, 11) is -3.16. The highest BCUT2D eigenvalue weighted by Crippen LogP contribution is 2.19. The first-order chi connectivity index (χ1) is 13.7. The zero-order valence-corrected chi connectivity index (χ0v) is 17.1. The first-order valence-corrected chi connectivity index (χ1v) is 11.2. The van der Waals surface area contributed by atoms with E-state index in [0.29, 0.717) is 18.4 Å². The van der Waals surface area contributed by atoms with Gasteiger partial charge < -0.3 is 14.1 Å². The summed E-state index contributed by atoms with van der Waals surface area (Å²) in [5, 5.41) is 0.339. The number of hydrogen-bond donors (Lipinski definition) is 0. The molecule has 1 aliphatic heterocycles. The van der Waals surface area contributed by atoms with Crippen LogP contribution < -0.4 is 5.43 Å². The van der Waals surface area contributed by atoms with Gasteiger partial charge in [-0.05, 0) is 24.5 Å². The molecule has 9 heteroatoms. The van der Waals surface area contributed by atoms with Crippen LogP contribution >= 0.6 is 0 Å². The summed E-state index contributed by atoms with van der Waals surface area (Å²) in [6.45, 7) is 3.64. The van der Waals surface area contributed by atoms with Gasteiger partial charge in [0.15, 0.2) is 21.9 Å². The molecular formula is C20H23NO7S. The Balaban J connectivity index is 1.71. The molecule has 1 aliphatic rings. The summed E-state index contributed by atoms with van der Waals surface area (Å²) < 4.78 is 34.0. The van der Waals surface area contributed by atoms with E-state index < -0.39 is 34.4 Å². The molecule has 0 N–H and O–H groups in total. The van der Waals surface area contributed by atoms with Crippen LogP contribution in [0.1, 0.15) is 30.8 Å². The number of benzene rings is 1. The number of nitrogens with zero attached hydrogens (tertiary/aromatic N) is 1. The maximum Gasteiger partial charge on any atom is 0.374 e. The molecule has 3 rings (SSSR count). The summed E-state index contributed by atoms with van der Waals surface area (Å²) in [4.78, 5) is 38.5. The van der Waals surface area contributed by atoms with Gasteiger partial charge in [-0.1, -0.05) is 26.0 Å². The number of hydrogen-bond acceptors (Lipinski definition) is 7. The van der Waals surface area contributed by atoms with Crippen LogP contribution in [0.2, 0.25) is 0 Å². The maximum absolute atomic E-state index is 12.7. The predicted octanol–water partition coefficient (Wildman–Crippen LogP) is 1.62. The highest BCUT2D eigenvalue weighted by atomic mass is 32.2. The zero-order chi connectivity index (χ0) is 21.2. The second-order valence-corrected chi connectivity index (χ2v) is 9.77. The van der Waals surface area contributed by atoms with Gasteiger partial charge in [-0.25, -0.2) is 13.2 Å². The van der Waals surface area contributed by atoms with Gasteiger partial charge >= 0.3 is 5.97 Å². The number of carbonyl (C=O) groups is 2. The summed E-state index contributed by atoms with van der Waals surface area (Å²) in [6.07, 6.45) is 0.369. The van der Waals surface area contributed by atoms with E-state index in [-0.39, 0.29) is 34.2 Å². The second kappa shape index (κ2) is 8.36. The molecule has 8 nitrogen and oxygen atoms in total. The molecule has 0 spiro atoms. The fourth-order valence-corrected chi connectivity index (χ4v) is 5.09. The van der Waals surface area contributed by atoms with Gasteiger partial charge in [0.05, 0.1) is 16.9 Å². The van der Waals surface area contributed by atoms with E-state index in [0.717, 1.165) is 6.07 Å². The maximum atomic E-state index is 12.7. The van der Waals surface area contributed by atoms with Gasteiger partial charge in [0, 0.05) is 18.7 Å². The van der Waals surface area contributed by atoms with Gasteiger partial charge in [-0.2, -0.15) is 0 Å². The van der Waals surface area contributed by atoms with Gasteiger partial charge in [0.25, 0.3) is 5.91 Å². The topological polar surface area (TPSA) is 111 Å². The number of amides is 1. The number of ether oxygens (including phenoxy) is 1. The molecule has 2 heterocycles. The normalized spacial score (nSPS) is 18.1. The largest absolute Gasteiger partial charge is 0.450 e. The predicted molar refractivity (Wildman–Crippen MR) is 106 cm³/mol. The van der Waals surface area contributed by atoms with Crippen molar-refractivity contribution >= 4 is 32.7 Å². The van der Waals surface area contributed by atoms with Crippen molar-refractivity contribution in [1.82, 2.24) is 4.90 Å². The average Bonchev–Trinajstić information content (AvgIpc) is 3.03. The molecule has 0 unspecified atom stereocenters. The van der Waals surface area contributed by atoms with Crippen molar-refractivity contribution in [2.45, 2.75) is 26.3 Å². The highest BCUT2D eigenvalue weighted by molar-refractivity contribution is 7.91. The fourth-order valence-electron chi connectivity index (χ4n) is 3.35. The summed E-state index contributed by atoms with van der Waals surface area (Å²) in [5.74, 6) is -1.61. The highest BCUT2D eigenvalue weighted by Gasteiger charge is 2.35. The third kappa shape index (κ3) is 5.03. The number of carbonyl (C=O) groups excluding carboxylic acids is 2. The van der Waals surface area contributed by atoms with E-state index in [1.807, 2.05) is 13.8 Å². The third-order valence-electron chi connectivity index (χ3n) is 4.69. The SMILES string of the molecule is CC(C)CN(C(=O)COC(=O)c1cc(=O)c2ccccc2o1)[C@@H]1CCS(=O)(=O)C1.